The molecule has 2 nitrogen and oxygen atoms in total. The van der Waals surface area contributed by atoms with Crippen molar-refractivity contribution in [3.8, 4) is 0 Å². The number of carbonyl (C=O) groups excluding carboxylic acids is 1. The van der Waals surface area contributed by atoms with Crippen LogP contribution in [0, 0.1) is 0 Å². The van der Waals surface area contributed by atoms with Crippen LogP contribution in [0.1, 0.15) is 6.92 Å². The molecule has 0 amide bonds. The summed E-state index contributed by atoms with van der Waals surface area (Å²) >= 11 is 12.0. The van der Waals surface area contributed by atoms with Crippen LogP contribution in [0.4, 0.5) is 4.79 Å². The van der Waals surface area contributed by atoms with Crippen LogP contribution in [0.5, 0.6) is 0 Å². The number of hydrogen-bond acceptors (Lipinski definition) is 2. The van der Waals surface area contributed by atoms with Crippen molar-refractivity contribution < 1.29 is 9.53 Å². The third-order valence-corrected chi connectivity index (χ3v) is 7.17. The van der Waals surface area contributed by atoms with Crippen LogP contribution in [0.25, 0.3) is 0 Å². The first-order valence-electron chi connectivity index (χ1n) is 5.33. The van der Waals surface area contributed by atoms with Crippen molar-refractivity contribution >= 4 is 39.5 Å². The van der Waals surface area contributed by atoms with Crippen LogP contribution in [-0.2, 0) is 4.74 Å². The Balaban J connectivity index is 2.89. The number of rotatable bonds is 4. The van der Waals surface area contributed by atoms with E-state index in [2.05, 4.69) is 0 Å². The molecule has 0 bridgehead atoms. The summed E-state index contributed by atoms with van der Waals surface area (Å²) in [5, 5.41) is 1.11. The maximum absolute atomic E-state index is 10.7. The van der Waals surface area contributed by atoms with Gasteiger partial charge in [-0.15, -0.1) is 0 Å². The number of benzene rings is 1. The molecule has 1 unspecified atom stereocenters. The zero-order valence-electron chi connectivity index (χ0n) is 10.2. The van der Waals surface area contributed by atoms with Gasteiger partial charge >= 0.3 is 112 Å². The van der Waals surface area contributed by atoms with Gasteiger partial charge in [-0.05, 0) is 0 Å². The molecule has 5 heteroatoms. The van der Waals surface area contributed by atoms with Crippen molar-refractivity contribution in [1.29, 1.82) is 0 Å². The Kier molecular flexibility index (Phi) is 4.46. The SMILES string of the molecule is CC(CP(C)(C)(Cl)c1ccccc1)OC(=O)Cl. The van der Waals surface area contributed by atoms with Gasteiger partial charge in [0.2, 0.25) is 0 Å². The fraction of sp³-hybridized carbons (Fsp3) is 0.417. The van der Waals surface area contributed by atoms with E-state index in [9.17, 15) is 4.79 Å². The van der Waals surface area contributed by atoms with Gasteiger partial charge in [-0.3, -0.25) is 0 Å². The minimum absolute atomic E-state index is 0.287. The van der Waals surface area contributed by atoms with Crippen molar-refractivity contribution in [2.45, 2.75) is 13.0 Å². The molecule has 0 radical (unpaired) electrons. The van der Waals surface area contributed by atoms with Gasteiger partial charge in [0, 0.05) is 0 Å². The molecule has 0 saturated carbocycles. The molecule has 1 aromatic carbocycles. The Hall–Kier alpha value is -0.300. The van der Waals surface area contributed by atoms with Crippen molar-refractivity contribution in [2.24, 2.45) is 0 Å². The molecule has 96 valence electrons. The second-order valence-corrected chi connectivity index (χ2v) is 13.8. The molecule has 1 aromatic rings. The van der Waals surface area contributed by atoms with E-state index in [-0.39, 0.29) is 6.10 Å². The van der Waals surface area contributed by atoms with Gasteiger partial charge < -0.3 is 0 Å². The second-order valence-electron chi connectivity index (χ2n) is 4.91. The van der Waals surface area contributed by atoms with Gasteiger partial charge in [0.05, 0.1) is 0 Å². The first-order chi connectivity index (χ1) is 7.69. The Morgan fingerprint density at radius 3 is 2.35 bits per heavy atom. The summed E-state index contributed by atoms with van der Waals surface area (Å²) < 4.78 is 4.95. The second kappa shape index (κ2) is 5.14. The Labute approximate surface area is 112 Å². The number of ether oxygens (including phenoxy) is 1. The number of carbonyl (C=O) groups is 1. The van der Waals surface area contributed by atoms with Gasteiger partial charge in [0.1, 0.15) is 0 Å². The molecule has 0 fully saturated rings. The van der Waals surface area contributed by atoms with E-state index in [0.717, 1.165) is 5.30 Å². The molecule has 0 N–H and O–H groups in total. The molecule has 0 aliphatic heterocycles. The van der Waals surface area contributed by atoms with Gasteiger partial charge in [-0.25, -0.2) is 0 Å². The number of hydrogen-bond donors (Lipinski definition) is 0. The molecule has 0 saturated heterocycles. The van der Waals surface area contributed by atoms with Crippen LogP contribution in [0.2, 0.25) is 0 Å². The van der Waals surface area contributed by atoms with Crippen LogP contribution in [0.15, 0.2) is 30.3 Å². The van der Waals surface area contributed by atoms with Gasteiger partial charge in [-0.2, -0.15) is 0 Å². The minimum atomic E-state index is -2.55. The van der Waals surface area contributed by atoms with Crippen LogP contribution in [0.3, 0.4) is 0 Å². The number of halogens is 2. The van der Waals surface area contributed by atoms with E-state index < -0.39 is 11.4 Å². The molecule has 0 aromatic heterocycles. The third-order valence-electron chi connectivity index (χ3n) is 2.63. The van der Waals surface area contributed by atoms with Crippen molar-refractivity contribution in [1.82, 2.24) is 0 Å². The molecule has 0 aliphatic rings. The van der Waals surface area contributed by atoms with E-state index in [1.54, 1.807) is 6.92 Å². The van der Waals surface area contributed by atoms with E-state index >= 15 is 0 Å². The maximum atomic E-state index is 10.7. The van der Waals surface area contributed by atoms with E-state index in [1.807, 2.05) is 43.7 Å². The summed E-state index contributed by atoms with van der Waals surface area (Å²) in [6, 6.07) is 9.91. The monoisotopic (exact) mass is 294 g/mol. The van der Waals surface area contributed by atoms with Crippen molar-refractivity contribution in [3.63, 3.8) is 0 Å². The first-order valence-corrected chi connectivity index (χ1v) is 9.93. The van der Waals surface area contributed by atoms with Gasteiger partial charge in [-0.1, -0.05) is 0 Å². The summed E-state index contributed by atoms with van der Waals surface area (Å²) in [7, 11) is 0. The predicted molar refractivity (Wildman–Crippen MR) is 77.4 cm³/mol. The standard InChI is InChI=1S/C12H17Cl2O2P/c1-10(16-12(13)15)9-17(2,3,14)11-7-5-4-6-8-11/h4-8,10H,9H2,1-3H3. The molecule has 0 heterocycles. The Bertz CT molecular complexity index is 398. The zero-order chi connectivity index (χ0) is 13.1. The van der Waals surface area contributed by atoms with Gasteiger partial charge in [0.15, 0.2) is 0 Å². The average molecular weight is 295 g/mol. The molecule has 0 spiro atoms. The quantitative estimate of drug-likeness (QED) is 0.619. The summed E-state index contributed by atoms with van der Waals surface area (Å²) in [6.07, 6.45) is 0.320. The fourth-order valence-electron chi connectivity index (χ4n) is 1.93. The summed E-state index contributed by atoms with van der Waals surface area (Å²) in [6.45, 7) is 5.89. The first kappa shape index (κ1) is 14.8. The molecule has 17 heavy (non-hydrogen) atoms. The van der Waals surface area contributed by atoms with Crippen molar-refractivity contribution in [2.75, 3.05) is 19.5 Å². The molecule has 0 aliphatic carbocycles. The molecule has 1 rings (SSSR count). The molecule has 1 atom stereocenters. The summed E-state index contributed by atoms with van der Waals surface area (Å²) in [4.78, 5) is 10.7. The van der Waals surface area contributed by atoms with E-state index in [1.165, 1.54) is 0 Å². The van der Waals surface area contributed by atoms with Crippen LogP contribution < -0.4 is 5.30 Å². The normalized spacial score (nSPS) is 15.7. The topological polar surface area (TPSA) is 26.3 Å². The van der Waals surface area contributed by atoms with E-state index in [0.29, 0.717) is 6.16 Å². The molecular weight excluding hydrogens is 278 g/mol. The molecular formula is C12H17Cl2O2P. The van der Waals surface area contributed by atoms with E-state index in [4.69, 9.17) is 27.6 Å². The average Bonchev–Trinajstić information content (AvgIpc) is 2.15. The van der Waals surface area contributed by atoms with Crippen LogP contribution >= 0.6 is 28.8 Å². The Morgan fingerprint density at radius 1 is 1.35 bits per heavy atom. The van der Waals surface area contributed by atoms with Crippen LogP contribution in [-0.4, -0.2) is 31.0 Å². The summed E-state index contributed by atoms with van der Waals surface area (Å²) in [5.41, 5.74) is -0.783. The summed E-state index contributed by atoms with van der Waals surface area (Å²) in [5.74, 6) is -2.55. The fourth-order valence-corrected chi connectivity index (χ4v) is 5.86. The van der Waals surface area contributed by atoms with Gasteiger partial charge in [0.25, 0.3) is 0 Å². The zero-order valence-corrected chi connectivity index (χ0v) is 12.6. The van der Waals surface area contributed by atoms with Crippen molar-refractivity contribution in [3.05, 3.63) is 30.3 Å². The third kappa shape index (κ3) is 4.46. The Morgan fingerprint density at radius 2 is 1.88 bits per heavy atom. The predicted octanol–water partition coefficient (Wildman–Crippen LogP) is 4.04.